The first kappa shape index (κ1) is 15.1. The molecule has 1 aromatic rings. The largest absolute Gasteiger partial charge is 0.302 e. The fourth-order valence-corrected chi connectivity index (χ4v) is 3.18. The molecule has 0 fully saturated rings. The number of nitrogens with one attached hydrogen (secondary N) is 1. The van der Waals surface area contributed by atoms with Crippen molar-refractivity contribution in [3.8, 4) is 0 Å². The number of nitrogens with zero attached hydrogens (tertiary/aromatic N) is 1. The molecule has 0 aliphatic rings. The minimum absolute atomic E-state index is 0.0124. The van der Waals surface area contributed by atoms with Crippen molar-refractivity contribution in [3.63, 3.8) is 0 Å². The zero-order valence-corrected chi connectivity index (χ0v) is 12.2. The summed E-state index contributed by atoms with van der Waals surface area (Å²) in [6.45, 7) is 5.60. The van der Waals surface area contributed by atoms with Crippen LogP contribution in [0.25, 0.3) is 0 Å². The summed E-state index contributed by atoms with van der Waals surface area (Å²) in [6.07, 6.45) is 1.17. The Kier molecular flexibility index (Phi) is 4.83. The van der Waals surface area contributed by atoms with Crippen LogP contribution < -0.4 is 10.5 Å². The normalized spacial score (nSPS) is 11.8. The second kappa shape index (κ2) is 5.77. The van der Waals surface area contributed by atoms with Gasteiger partial charge in [0.15, 0.2) is 9.34 Å². The van der Waals surface area contributed by atoms with Gasteiger partial charge in [0.2, 0.25) is 15.9 Å². The molecule has 1 heterocycles. The van der Waals surface area contributed by atoms with Crippen LogP contribution in [0.5, 0.6) is 0 Å². The molecule has 1 amide bonds. The molecule has 18 heavy (non-hydrogen) atoms. The highest BCUT2D eigenvalue weighted by atomic mass is 32.2. The fourth-order valence-electron chi connectivity index (χ4n) is 1.30. The second-order valence-corrected chi connectivity index (χ2v) is 7.17. The third-order valence-corrected chi connectivity index (χ3v) is 4.83. The highest BCUT2D eigenvalue weighted by Gasteiger charge is 2.18. The van der Waals surface area contributed by atoms with Crippen LogP contribution in [0.2, 0.25) is 0 Å². The Morgan fingerprint density at radius 2 is 2.11 bits per heavy atom. The average molecular weight is 291 g/mol. The average Bonchev–Trinajstić information content (AvgIpc) is 2.56. The van der Waals surface area contributed by atoms with Gasteiger partial charge in [-0.3, -0.25) is 4.79 Å². The van der Waals surface area contributed by atoms with Crippen molar-refractivity contribution in [1.29, 1.82) is 0 Å². The molecular weight excluding hydrogens is 274 g/mol. The van der Waals surface area contributed by atoms with Gasteiger partial charge in [0, 0.05) is 6.42 Å². The highest BCUT2D eigenvalue weighted by Crippen LogP contribution is 2.26. The molecule has 0 spiro atoms. The molecule has 0 aliphatic heterocycles. The summed E-state index contributed by atoms with van der Waals surface area (Å²) in [7, 11) is -3.77. The van der Waals surface area contributed by atoms with Gasteiger partial charge in [-0.15, -0.1) is 0 Å². The lowest BCUT2D eigenvalue weighted by Crippen LogP contribution is -2.12. The third kappa shape index (κ3) is 4.35. The number of aromatic nitrogens is 1. The Morgan fingerprint density at radius 1 is 1.50 bits per heavy atom. The number of aryl methyl sites for hydroxylation is 1. The van der Waals surface area contributed by atoms with Crippen molar-refractivity contribution < 1.29 is 13.2 Å². The number of amides is 1. The number of carbonyl (C=O) groups is 1. The van der Waals surface area contributed by atoms with Crippen LogP contribution in [0.4, 0.5) is 5.13 Å². The summed E-state index contributed by atoms with van der Waals surface area (Å²) in [5.41, 5.74) is 0.307. The van der Waals surface area contributed by atoms with E-state index in [1.807, 2.05) is 13.8 Å². The van der Waals surface area contributed by atoms with Crippen LogP contribution in [0.1, 0.15) is 32.4 Å². The van der Waals surface area contributed by atoms with Crippen LogP contribution >= 0.6 is 11.3 Å². The molecule has 6 nitrogen and oxygen atoms in total. The highest BCUT2D eigenvalue weighted by molar-refractivity contribution is 7.91. The summed E-state index contributed by atoms with van der Waals surface area (Å²) in [6, 6.07) is 0. The van der Waals surface area contributed by atoms with E-state index in [4.69, 9.17) is 5.14 Å². The summed E-state index contributed by atoms with van der Waals surface area (Å²) < 4.78 is 22.4. The molecule has 0 unspecified atom stereocenters. The van der Waals surface area contributed by atoms with Gasteiger partial charge in [0.1, 0.15) is 0 Å². The van der Waals surface area contributed by atoms with Gasteiger partial charge in [-0.25, -0.2) is 18.5 Å². The van der Waals surface area contributed by atoms with Crippen molar-refractivity contribution >= 4 is 32.4 Å². The van der Waals surface area contributed by atoms with E-state index in [-0.39, 0.29) is 15.2 Å². The zero-order chi connectivity index (χ0) is 13.9. The van der Waals surface area contributed by atoms with Crippen molar-refractivity contribution in [2.24, 2.45) is 11.1 Å². The molecule has 0 aliphatic carbocycles. The van der Waals surface area contributed by atoms with Gasteiger partial charge in [0.05, 0.1) is 5.69 Å². The summed E-state index contributed by atoms with van der Waals surface area (Å²) >= 11 is 0.873. The number of hydrogen-bond acceptors (Lipinski definition) is 5. The molecule has 3 N–H and O–H groups in total. The first-order valence-electron chi connectivity index (χ1n) is 5.50. The number of hydrogen-bond donors (Lipinski definition) is 2. The Labute approximate surface area is 111 Å². The number of rotatable bonds is 5. The maximum Gasteiger partial charge on any atom is 0.249 e. The van der Waals surface area contributed by atoms with E-state index < -0.39 is 10.0 Å². The lowest BCUT2D eigenvalue weighted by atomic mass is 10.1. The van der Waals surface area contributed by atoms with Crippen molar-refractivity contribution in [2.45, 2.75) is 37.8 Å². The second-order valence-electron chi connectivity index (χ2n) is 4.42. The van der Waals surface area contributed by atoms with E-state index in [1.54, 1.807) is 6.92 Å². The van der Waals surface area contributed by atoms with Crippen LogP contribution in [-0.2, 0) is 14.8 Å². The van der Waals surface area contributed by atoms with E-state index in [0.717, 1.165) is 17.8 Å². The summed E-state index contributed by atoms with van der Waals surface area (Å²) in [4.78, 5) is 15.5. The number of anilines is 1. The summed E-state index contributed by atoms with van der Waals surface area (Å²) in [5.74, 6) is 0.271. The van der Waals surface area contributed by atoms with Gasteiger partial charge in [-0.1, -0.05) is 25.2 Å². The first-order chi connectivity index (χ1) is 8.20. The van der Waals surface area contributed by atoms with Crippen LogP contribution in [0.15, 0.2) is 4.21 Å². The molecule has 0 aromatic carbocycles. The Bertz CT molecular complexity index is 535. The molecule has 1 rings (SSSR count). The summed E-state index contributed by atoms with van der Waals surface area (Å²) in [5, 5.41) is 7.88. The first-order valence-corrected chi connectivity index (χ1v) is 7.86. The molecule has 0 saturated heterocycles. The Morgan fingerprint density at radius 3 is 2.56 bits per heavy atom. The topological polar surface area (TPSA) is 102 Å². The van der Waals surface area contributed by atoms with Gasteiger partial charge < -0.3 is 5.32 Å². The van der Waals surface area contributed by atoms with Gasteiger partial charge in [-0.2, -0.15) is 0 Å². The number of thiazole rings is 1. The molecule has 0 atom stereocenters. The zero-order valence-electron chi connectivity index (χ0n) is 10.6. The molecular formula is C10H17N3O3S2. The van der Waals surface area contributed by atoms with E-state index in [2.05, 4.69) is 10.3 Å². The minimum Gasteiger partial charge on any atom is -0.302 e. The van der Waals surface area contributed by atoms with E-state index in [1.165, 1.54) is 0 Å². The van der Waals surface area contributed by atoms with Crippen LogP contribution in [-0.4, -0.2) is 19.3 Å². The van der Waals surface area contributed by atoms with E-state index in [9.17, 15) is 13.2 Å². The van der Waals surface area contributed by atoms with E-state index >= 15 is 0 Å². The SMILES string of the molecule is Cc1nc(NC(=O)CCC(C)C)sc1S(N)(=O)=O. The minimum atomic E-state index is -3.77. The lowest BCUT2D eigenvalue weighted by molar-refractivity contribution is -0.116. The molecule has 8 heteroatoms. The van der Waals surface area contributed by atoms with Gasteiger partial charge in [0.25, 0.3) is 0 Å². The Hall–Kier alpha value is -0.990. The van der Waals surface area contributed by atoms with Crippen LogP contribution in [0, 0.1) is 12.8 Å². The Balaban J connectivity index is 2.73. The van der Waals surface area contributed by atoms with Gasteiger partial charge >= 0.3 is 0 Å². The third-order valence-electron chi connectivity index (χ3n) is 2.21. The monoisotopic (exact) mass is 291 g/mol. The van der Waals surface area contributed by atoms with Crippen molar-refractivity contribution in [3.05, 3.63) is 5.69 Å². The molecule has 0 saturated carbocycles. The number of primary sulfonamides is 1. The molecule has 0 radical (unpaired) electrons. The predicted molar refractivity (Wildman–Crippen MR) is 70.9 cm³/mol. The predicted octanol–water partition coefficient (Wildman–Crippen LogP) is 1.47. The quantitative estimate of drug-likeness (QED) is 0.857. The lowest BCUT2D eigenvalue weighted by Gasteiger charge is -2.03. The number of carbonyl (C=O) groups excluding carboxylic acids is 1. The van der Waals surface area contributed by atoms with E-state index in [0.29, 0.717) is 18.0 Å². The van der Waals surface area contributed by atoms with Crippen molar-refractivity contribution in [1.82, 2.24) is 4.98 Å². The standard InChI is InChI=1S/C10H17N3O3S2/c1-6(2)4-5-8(14)13-10-12-7(3)9(17-10)18(11,15)16/h6H,4-5H2,1-3H3,(H2,11,15,16)(H,12,13,14). The van der Waals surface area contributed by atoms with Gasteiger partial charge in [-0.05, 0) is 19.3 Å². The molecule has 102 valence electrons. The number of nitrogens with two attached hydrogens (primary N) is 1. The smallest absolute Gasteiger partial charge is 0.249 e. The van der Waals surface area contributed by atoms with Crippen LogP contribution in [0.3, 0.4) is 0 Å². The fraction of sp³-hybridized carbons (Fsp3) is 0.600. The number of sulfonamides is 1. The maximum atomic E-state index is 11.6. The molecule has 0 bridgehead atoms. The molecule has 1 aromatic heterocycles. The maximum absolute atomic E-state index is 11.6. The van der Waals surface area contributed by atoms with Crippen molar-refractivity contribution in [2.75, 3.05) is 5.32 Å².